The molecule has 1 aromatic carbocycles. The van der Waals surface area contributed by atoms with Gasteiger partial charge in [0.1, 0.15) is 0 Å². The molecule has 0 spiro atoms. The van der Waals surface area contributed by atoms with Crippen LogP contribution in [0.25, 0.3) is 0 Å². The molecule has 0 bridgehead atoms. The molecule has 1 fully saturated rings. The summed E-state index contributed by atoms with van der Waals surface area (Å²) in [6, 6.07) is 5.33. The lowest BCUT2D eigenvalue weighted by atomic mass is 10.1. The molecule has 0 aromatic heterocycles. The van der Waals surface area contributed by atoms with Crippen molar-refractivity contribution < 1.29 is 4.79 Å². The van der Waals surface area contributed by atoms with E-state index in [1.807, 2.05) is 6.07 Å². The fraction of sp³-hybridized carbons (Fsp3) is 0.533. The molecule has 1 aromatic rings. The van der Waals surface area contributed by atoms with Crippen molar-refractivity contribution in [1.29, 1.82) is 0 Å². The fourth-order valence-electron chi connectivity index (χ4n) is 2.52. The van der Waals surface area contributed by atoms with Crippen molar-refractivity contribution in [2.45, 2.75) is 25.7 Å². The molecule has 4 nitrogen and oxygen atoms in total. The van der Waals surface area contributed by atoms with Gasteiger partial charge in [-0.25, -0.2) is 0 Å². The van der Waals surface area contributed by atoms with Crippen LogP contribution in [0.1, 0.15) is 36.0 Å². The lowest BCUT2D eigenvalue weighted by molar-refractivity contribution is 0.0952. The van der Waals surface area contributed by atoms with E-state index in [4.69, 9.17) is 5.73 Å². The molecule has 0 aliphatic carbocycles. The Hall–Kier alpha value is -1.07. The number of hydrogen-bond donors (Lipinski definition) is 2. The second kappa shape index (κ2) is 7.64. The number of nitrogens with one attached hydrogen (secondary N) is 1. The van der Waals surface area contributed by atoms with Crippen LogP contribution in [0.15, 0.2) is 22.7 Å². The number of nitrogens with zero attached hydrogens (tertiary/aromatic N) is 1. The summed E-state index contributed by atoms with van der Waals surface area (Å²) >= 11 is 3.34. The summed E-state index contributed by atoms with van der Waals surface area (Å²) in [7, 11) is 0. The van der Waals surface area contributed by atoms with Gasteiger partial charge in [-0.1, -0.05) is 22.4 Å². The largest absolute Gasteiger partial charge is 0.398 e. The van der Waals surface area contributed by atoms with Crippen molar-refractivity contribution >= 4 is 27.5 Å². The smallest absolute Gasteiger partial charge is 0.253 e. The number of nitrogens with two attached hydrogens (primary N) is 1. The lowest BCUT2D eigenvalue weighted by Crippen LogP contribution is -2.33. The molecule has 0 atom stereocenters. The molecular formula is C15H22BrN3O. The van der Waals surface area contributed by atoms with Crippen LogP contribution in [-0.4, -0.2) is 37.0 Å². The molecular weight excluding hydrogens is 318 g/mol. The van der Waals surface area contributed by atoms with E-state index in [1.165, 1.54) is 32.4 Å². The molecule has 0 radical (unpaired) electrons. The Morgan fingerprint density at radius 3 is 2.75 bits per heavy atom. The standard InChI is InChI=1S/C15H22BrN3O/c16-12-5-6-13(14(17)11-12)15(20)18-7-4-10-19-8-2-1-3-9-19/h5-6,11H,1-4,7-10,17H2,(H,18,20). The first-order valence-corrected chi connectivity index (χ1v) is 8.02. The molecule has 1 aliphatic heterocycles. The van der Waals surface area contributed by atoms with E-state index in [1.54, 1.807) is 12.1 Å². The normalized spacial score (nSPS) is 16.1. The SMILES string of the molecule is Nc1cc(Br)ccc1C(=O)NCCCN1CCCCC1. The second-order valence-corrected chi connectivity index (χ2v) is 6.16. The summed E-state index contributed by atoms with van der Waals surface area (Å²) in [5, 5.41) is 2.94. The molecule has 2 rings (SSSR count). The van der Waals surface area contributed by atoms with Crippen LogP contribution in [0.2, 0.25) is 0 Å². The van der Waals surface area contributed by atoms with Gasteiger partial charge in [0.25, 0.3) is 5.91 Å². The number of amides is 1. The van der Waals surface area contributed by atoms with Gasteiger partial charge in [0, 0.05) is 16.7 Å². The van der Waals surface area contributed by atoms with E-state index in [9.17, 15) is 4.79 Å². The zero-order valence-electron chi connectivity index (χ0n) is 11.7. The predicted molar refractivity (Wildman–Crippen MR) is 85.8 cm³/mol. The van der Waals surface area contributed by atoms with Crippen molar-refractivity contribution in [3.8, 4) is 0 Å². The molecule has 110 valence electrons. The van der Waals surface area contributed by atoms with E-state index < -0.39 is 0 Å². The van der Waals surface area contributed by atoms with Gasteiger partial charge in [-0.2, -0.15) is 0 Å². The quantitative estimate of drug-likeness (QED) is 0.640. The van der Waals surface area contributed by atoms with Crippen LogP contribution in [0.5, 0.6) is 0 Å². The first kappa shape index (κ1) is 15.3. The zero-order valence-corrected chi connectivity index (χ0v) is 13.3. The van der Waals surface area contributed by atoms with Crippen LogP contribution in [0.3, 0.4) is 0 Å². The highest BCUT2D eigenvalue weighted by Crippen LogP contribution is 2.18. The highest BCUT2D eigenvalue weighted by atomic mass is 79.9. The first-order valence-electron chi connectivity index (χ1n) is 7.22. The van der Waals surface area contributed by atoms with Gasteiger partial charge in [-0.15, -0.1) is 0 Å². The maximum absolute atomic E-state index is 12.0. The minimum atomic E-state index is -0.0892. The molecule has 3 N–H and O–H groups in total. The molecule has 5 heteroatoms. The Kier molecular flexibility index (Phi) is 5.86. The third-order valence-electron chi connectivity index (χ3n) is 3.64. The van der Waals surface area contributed by atoms with E-state index in [0.29, 0.717) is 17.8 Å². The Morgan fingerprint density at radius 2 is 2.05 bits per heavy atom. The number of carbonyl (C=O) groups excluding carboxylic acids is 1. The number of carbonyl (C=O) groups is 1. The Bertz CT molecular complexity index is 458. The number of piperidine rings is 1. The highest BCUT2D eigenvalue weighted by Gasteiger charge is 2.11. The second-order valence-electron chi connectivity index (χ2n) is 5.24. The van der Waals surface area contributed by atoms with E-state index >= 15 is 0 Å². The first-order chi connectivity index (χ1) is 9.66. The predicted octanol–water partition coefficient (Wildman–Crippen LogP) is 2.64. The van der Waals surface area contributed by atoms with Gasteiger partial charge < -0.3 is 16.0 Å². The molecule has 1 saturated heterocycles. The topological polar surface area (TPSA) is 58.4 Å². The van der Waals surface area contributed by atoms with Crippen LogP contribution < -0.4 is 11.1 Å². The summed E-state index contributed by atoms with van der Waals surface area (Å²) in [6.45, 7) is 4.17. The van der Waals surface area contributed by atoms with Crippen LogP contribution in [-0.2, 0) is 0 Å². The zero-order chi connectivity index (χ0) is 14.4. The maximum Gasteiger partial charge on any atom is 0.253 e. The number of anilines is 1. The Balaban J connectivity index is 1.72. The molecule has 0 saturated carbocycles. The van der Waals surface area contributed by atoms with Crippen molar-refractivity contribution in [3.63, 3.8) is 0 Å². The van der Waals surface area contributed by atoms with Gasteiger partial charge in [-0.05, 0) is 57.1 Å². The average Bonchev–Trinajstić information content (AvgIpc) is 2.44. The van der Waals surface area contributed by atoms with Crippen LogP contribution in [0, 0.1) is 0 Å². The molecule has 1 amide bonds. The minimum Gasteiger partial charge on any atom is -0.398 e. The Morgan fingerprint density at radius 1 is 1.30 bits per heavy atom. The molecule has 1 heterocycles. The fourth-order valence-corrected chi connectivity index (χ4v) is 2.90. The summed E-state index contributed by atoms with van der Waals surface area (Å²) in [6.07, 6.45) is 4.96. The number of halogens is 1. The van der Waals surface area contributed by atoms with E-state index in [0.717, 1.165) is 17.4 Å². The summed E-state index contributed by atoms with van der Waals surface area (Å²) in [5.41, 5.74) is 6.90. The highest BCUT2D eigenvalue weighted by molar-refractivity contribution is 9.10. The molecule has 1 aliphatic rings. The van der Waals surface area contributed by atoms with Gasteiger partial charge >= 0.3 is 0 Å². The van der Waals surface area contributed by atoms with Gasteiger partial charge in [0.05, 0.1) is 5.56 Å². The van der Waals surface area contributed by atoms with Crippen molar-refractivity contribution in [2.75, 3.05) is 31.9 Å². The number of hydrogen-bond acceptors (Lipinski definition) is 3. The summed E-state index contributed by atoms with van der Waals surface area (Å²) in [4.78, 5) is 14.5. The third-order valence-corrected chi connectivity index (χ3v) is 4.14. The van der Waals surface area contributed by atoms with Crippen molar-refractivity contribution in [3.05, 3.63) is 28.2 Å². The average molecular weight is 340 g/mol. The van der Waals surface area contributed by atoms with E-state index in [-0.39, 0.29) is 5.91 Å². The summed E-state index contributed by atoms with van der Waals surface area (Å²) in [5.74, 6) is -0.0892. The Labute approximate surface area is 128 Å². The van der Waals surface area contributed by atoms with Crippen LogP contribution >= 0.6 is 15.9 Å². The number of benzene rings is 1. The van der Waals surface area contributed by atoms with Gasteiger partial charge in [0.15, 0.2) is 0 Å². The van der Waals surface area contributed by atoms with Crippen LogP contribution in [0.4, 0.5) is 5.69 Å². The third kappa shape index (κ3) is 4.49. The summed E-state index contributed by atoms with van der Waals surface area (Å²) < 4.78 is 0.886. The van der Waals surface area contributed by atoms with Gasteiger partial charge in [-0.3, -0.25) is 4.79 Å². The number of likely N-dealkylation sites (tertiary alicyclic amines) is 1. The maximum atomic E-state index is 12.0. The number of rotatable bonds is 5. The molecule has 0 unspecified atom stereocenters. The van der Waals surface area contributed by atoms with Gasteiger partial charge in [0.2, 0.25) is 0 Å². The number of nitrogen functional groups attached to an aromatic ring is 1. The van der Waals surface area contributed by atoms with E-state index in [2.05, 4.69) is 26.1 Å². The van der Waals surface area contributed by atoms with Crippen molar-refractivity contribution in [2.24, 2.45) is 0 Å². The lowest BCUT2D eigenvalue weighted by Gasteiger charge is -2.26. The molecule has 20 heavy (non-hydrogen) atoms. The minimum absolute atomic E-state index is 0.0892. The van der Waals surface area contributed by atoms with Crippen molar-refractivity contribution in [1.82, 2.24) is 10.2 Å². The monoisotopic (exact) mass is 339 g/mol.